The molecule has 1 aromatic rings. The zero-order valence-electron chi connectivity index (χ0n) is 9.77. The van der Waals surface area contributed by atoms with Crippen LogP contribution in [-0.2, 0) is 4.79 Å². The molecule has 1 aromatic carbocycles. The van der Waals surface area contributed by atoms with Crippen molar-refractivity contribution in [2.45, 2.75) is 6.04 Å². The minimum atomic E-state index is -0.269. The van der Waals surface area contributed by atoms with Crippen LogP contribution in [0.1, 0.15) is 0 Å². The second-order valence-corrected chi connectivity index (χ2v) is 4.62. The van der Waals surface area contributed by atoms with Crippen molar-refractivity contribution in [3.05, 3.63) is 29.3 Å². The molecule has 1 heterocycles. The smallest absolute Gasteiger partial charge is 0.246 e. The van der Waals surface area contributed by atoms with Crippen LogP contribution in [0.25, 0.3) is 0 Å². The highest BCUT2D eigenvalue weighted by atomic mass is 35.5. The van der Waals surface area contributed by atoms with E-state index in [1.165, 1.54) is 0 Å². The van der Waals surface area contributed by atoms with E-state index in [9.17, 15) is 4.79 Å². The van der Waals surface area contributed by atoms with Crippen LogP contribution in [0.3, 0.4) is 0 Å². The summed E-state index contributed by atoms with van der Waals surface area (Å²) >= 11 is 5.85. The van der Waals surface area contributed by atoms with Crippen LogP contribution < -0.4 is 10.6 Å². The molecule has 0 aliphatic carbocycles. The van der Waals surface area contributed by atoms with E-state index in [1.807, 2.05) is 36.2 Å². The number of benzene rings is 1. The first-order valence-corrected chi connectivity index (χ1v) is 5.98. The Kier molecular flexibility index (Phi) is 3.54. The summed E-state index contributed by atoms with van der Waals surface area (Å²) in [4.78, 5) is 15.8. The third kappa shape index (κ3) is 2.37. The quantitative estimate of drug-likeness (QED) is 0.854. The fourth-order valence-corrected chi connectivity index (χ4v) is 2.21. The highest BCUT2D eigenvalue weighted by Crippen LogP contribution is 2.22. The Bertz CT molecular complexity index is 407. The maximum absolute atomic E-state index is 12.0. The lowest BCUT2D eigenvalue weighted by Gasteiger charge is -2.40. The molecule has 0 aromatic heterocycles. The topological polar surface area (TPSA) is 49.6 Å². The Balaban J connectivity index is 2.25. The number of halogens is 1. The van der Waals surface area contributed by atoms with Gasteiger partial charge in [-0.3, -0.25) is 4.79 Å². The first-order valence-electron chi connectivity index (χ1n) is 5.60. The molecule has 0 radical (unpaired) electrons. The maximum Gasteiger partial charge on any atom is 0.246 e. The predicted molar refractivity (Wildman–Crippen MR) is 69.3 cm³/mol. The molecular weight excluding hydrogens is 238 g/mol. The van der Waals surface area contributed by atoms with Crippen molar-refractivity contribution in [2.24, 2.45) is 5.73 Å². The lowest BCUT2D eigenvalue weighted by atomic mass is 10.1. The van der Waals surface area contributed by atoms with Crippen molar-refractivity contribution in [1.82, 2.24) is 4.90 Å². The number of rotatable bonds is 2. The molecule has 1 aliphatic rings. The van der Waals surface area contributed by atoms with E-state index in [-0.39, 0.29) is 11.9 Å². The van der Waals surface area contributed by atoms with Gasteiger partial charge in [-0.1, -0.05) is 11.6 Å². The molecule has 0 saturated carbocycles. The summed E-state index contributed by atoms with van der Waals surface area (Å²) in [6, 6.07) is 7.23. The molecule has 1 saturated heterocycles. The Morgan fingerprint density at radius 2 is 2.00 bits per heavy atom. The Hall–Kier alpha value is -1.26. The number of hydrogen-bond donors (Lipinski definition) is 1. The summed E-state index contributed by atoms with van der Waals surface area (Å²) in [5, 5.41) is 0.693. The van der Waals surface area contributed by atoms with E-state index in [4.69, 9.17) is 17.3 Å². The van der Waals surface area contributed by atoms with Gasteiger partial charge in [-0.2, -0.15) is 0 Å². The molecule has 4 nitrogen and oxygen atoms in total. The van der Waals surface area contributed by atoms with E-state index >= 15 is 0 Å². The van der Waals surface area contributed by atoms with Crippen LogP contribution in [0.2, 0.25) is 5.02 Å². The number of anilines is 1. The number of hydrogen-bond acceptors (Lipinski definition) is 3. The maximum atomic E-state index is 12.0. The molecule has 1 aliphatic heterocycles. The molecule has 5 heteroatoms. The van der Waals surface area contributed by atoms with Gasteiger partial charge < -0.3 is 15.5 Å². The first-order chi connectivity index (χ1) is 8.13. The molecule has 1 amide bonds. The van der Waals surface area contributed by atoms with E-state index < -0.39 is 0 Å². The van der Waals surface area contributed by atoms with Gasteiger partial charge in [0.15, 0.2) is 0 Å². The summed E-state index contributed by atoms with van der Waals surface area (Å²) in [6.07, 6.45) is 0. The van der Waals surface area contributed by atoms with Crippen molar-refractivity contribution in [2.75, 3.05) is 31.6 Å². The molecule has 2 rings (SSSR count). The second kappa shape index (κ2) is 4.94. The van der Waals surface area contributed by atoms with E-state index in [0.29, 0.717) is 11.6 Å². The fraction of sp³-hybridized carbons (Fsp3) is 0.417. The predicted octanol–water partition coefficient (Wildman–Crippen LogP) is 0.946. The van der Waals surface area contributed by atoms with Crippen LogP contribution in [0.4, 0.5) is 5.69 Å². The van der Waals surface area contributed by atoms with Crippen molar-refractivity contribution in [1.29, 1.82) is 0 Å². The molecule has 17 heavy (non-hydrogen) atoms. The zero-order chi connectivity index (χ0) is 12.4. The van der Waals surface area contributed by atoms with Gasteiger partial charge in [-0.05, 0) is 24.3 Å². The summed E-state index contributed by atoms with van der Waals surface area (Å²) in [7, 11) is 1.81. The van der Waals surface area contributed by atoms with E-state index in [2.05, 4.69) is 0 Å². The van der Waals surface area contributed by atoms with Crippen molar-refractivity contribution >= 4 is 23.2 Å². The molecule has 92 valence electrons. The second-order valence-electron chi connectivity index (χ2n) is 4.18. The molecule has 0 bridgehead atoms. The summed E-state index contributed by atoms with van der Waals surface area (Å²) in [6.45, 7) is 1.84. The van der Waals surface area contributed by atoms with Gasteiger partial charge in [-0.25, -0.2) is 0 Å². The lowest BCUT2D eigenvalue weighted by Crippen LogP contribution is -2.58. The highest BCUT2D eigenvalue weighted by molar-refractivity contribution is 6.30. The molecule has 1 unspecified atom stereocenters. The average Bonchev–Trinajstić information content (AvgIpc) is 2.34. The van der Waals surface area contributed by atoms with Crippen molar-refractivity contribution in [3.8, 4) is 0 Å². The van der Waals surface area contributed by atoms with Crippen LogP contribution in [-0.4, -0.2) is 43.5 Å². The first kappa shape index (κ1) is 12.2. The minimum absolute atomic E-state index is 0.0775. The molecular formula is C12H16ClN3O. The van der Waals surface area contributed by atoms with Gasteiger partial charge in [0.05, 0.1) is 0 Å². The third-order valence-corrected chi connectivity index (χ3v) is 3.35. The normalized spacial score (nSPS) is 20.9. The fourth-order valence-electron chi connectivity index (χ4n) is 2.08. The summed E-state index contributed by atoms with van der Waals surface area (Å²) in [5.41, 5.74) is 6.69. The number of nitrogens with two attached hydrogens (primary N) is 1. The van der Waals surface area contributed by atoms with Crippen molar-refractivity contribution in [3.63, 3.8) is 0 Å². The molecule has 1 atom stereocenters. The van der Waals surface area contributed by atoms with E-state index in [0.717, 1.165) is 18.8 Å². The van der Waals surface area contributed by atoms with Gasteiger partial charge in [-0.15, -0.1) is 0 Å². The number of carbonyl (C=O) groups is 1. The Morgan fingerprint density at radius 1 is 1.35 bits per heavy atom. The average molecular weight is 254 g/mol. The molecule has 2 N–H and O–H groups in total. The molecule has 0 spiro atoms. The van der Waals surface area contributed by atoms with Crippen LogP contribution >= 0.6 is 11.6 Å². The Morgan fingerprint density at radius 3 is 2.59 bits per heavy atom. The van der Waals surface area contributed by atoms with Gasteiger partial charge in [0.2, 0.25) is 5.91 Å². The number of carbonyl (C=O) groups excluding carboxylic acids is 1. The SMILES string of the molecule is CN1CCN(c2ccc(Cl)cc2)C(CN)C1=O. The highest BCUT2D eigenvalue weighted by Gasteiger charge is 2.31. The van der Waals surface area contributed by atoms with Crippen LogP contribution in [0, 0.1) is 0 Å². The van der Waals surface area contributed by atoms with Gasteiger partial charge in [0.1, 0.15) is 6.04 Å². The van der Waals surface area contributed by atoms with Gasteiger partial charge in [0.25, 0.3) is 0 Å². The standard InChI is InChI=1S/C12H16ClN3O/c1-15-6-7-16(11(8-14)12(15)17)10-4-2-9(13)3-5-10/h2-5,11H,6-8,14H2,1H3. The lowest BCUT2D eigenvalue weighted by molar-refractivity contribution is -0.132. The molecule has 1 fully saturated rings. The largest absolute Gasteiger partial charge is 0.357 e. The zero-order valence-corrected chi connectivity index (χ0v) is 10.5. The van der Waals surface area contributed by atoms with Crippen molar-refractivity contribution < 1.29 is 4.79 Å². The van der Waals surface area contributed by atoms with Crippen LogP contribution in [0.15, 0.2) is 24.3 Å². The minimum Gasteiger partial charge on any atom is -0.357 e. The number of likely N-dealkylation sites (N-methyl/N-ethyl adjacent to an activating group) is 1. The number of amides is 1. The van der Waals surface area contributed by atoms with Gasteiger partial charge >= 0.3 is 0 Å². The Labute approximate surface area is 106 Å². The number of piperazine rings is 1. The van der Waals surface area contributed by atoms with Crippen LogP contribution in [0.5, 0.6) is 0 Å². The summed E-state index contributed by atoms with van der Waals surface area (Å²) < 4.78 is 0. The van der Waals surface area contributed by atoms with E-state index in [1.54, 1.807) is 4.90 Å². The summed E-state index contributed by atoms with van der Waals surface area (Å²) in [5.74, 6) is 0.0775. The number of nitrogens with zero attached hydrogens (tertiary/aromatic N) is 2. The van der Waals surface area contributed by atoms with Gasteiger partial charge in [0, 0.05) is 37.4 Å². The monoisotopic (exact) mass is 253 g/mol. The third-order valence-electron chi connectivity index (χ3n) is 3.10.